The van der Waals surface area contributed by atoms with Gasteiger partial charge in [0, 0.05) is 5.71 Å². The van der Waals surface area contributed by atoms with Crippen LogP contribution >= 0.6 is 0 Å². The molecule has 9 heavy (non-hydrogen) atoms. The molecule has 1 atom stereocenters. The molecule has 50 valence electrons. The Morgan fingerprint density at radius 3 is 2.67 bits per heavy atom. The third kappa shape index (κ3) is 2.86. The Morgan fingerprint density at radius 1 is 1.78 bits per heavy atom. The van der Waals surface area contributed by atoms with Crippen molar-refractivity contribution < 1.29 is 0 Å². The van der Waals surface area contributed by atoms with Gasteiger partial charge in [0.05, 0.1) is 0 Å². The van der Waals surface area contributed by atoms with Crippen LogP contribution in [0.25, 0.3) is 0 Å². The highest BCUT2D eigenvalue weighted by Gasteiger charge is 2.00. The topological polar surface area (TPSA) is 36.1 Å². The second kappa shape index (κ2) is 4.08. The zero-order valence-corrected chi connectivity index (χ0v) is 6.18. The maximum atomic E-state index is 8.14. The van der Waals surface area contributed by atoms with E-state index in [1.807, 2.05) is 6.92 Å². The van der Waals surface area contributed by atoms with E-state index in [9.17, 15) is 0 Å². The maximum Gasteiger partial charge on any atom is 0.205 e. The van der Waals surface area contributed by atoms with Crippen LogP contribution in [0.1, 0.15) is 27.2 Å². The van der Waals surface area contributed by atoms with Gasteiger partial charge in [-0.15, -0.1) is 0 Å². The van der Waals surface area contributed by atoms with E-state index in [2.05, 4.69) is 18.8 Å². The van der Waals surface area contributed by atoms with Crippen LogP contribution in [0.2, 0.25) is 0 Å². The summed E-state index contributed by atoms with van der Waals surface area (Å²) in [7, 11) is 0. The van der Waals surface area contributed by atoms with E-state index in [4.69, 9.17) is 5.26 Å². The predicted molar refractivity (Wildman–Crippen MR) is 38.2 cm³/mol. The monoisotopic (exact) mass is 124 g/mol. The van der Waals surface area contributed by atoms with Crippen molar-refractivity contribution in [3.8, 4) is 6.19 Å². The van der Waals surface area contributed by atoms with Crippen molar-refractivity contribution in [2.24, 2.45) is 10.9 Å². The van der Waals surface area contributed by atoms with Crippen LogP contribution in [0.15, 0.2) is 4.99 Å². The molecule has 2 heteroatoms. The molecule has 0 aromatic heterocycles. The number of rotatable bonds is 2. The highest BCUT2D eigenvalue weighted by Crippen LogP contribution is 2.02. The van der Waals surface area contributed by atoms with Gasteiger partial charge < -0.3 is 0 Å². The van der Waals surface area contributed by atoms with Gasteiger partial charge in [0.15, 0.2) is 0 Å². The lowest BCUT2D eigenvalue weighted by Gasteiger charge is -2.03. The minimum absolute atomic E-state index is 0.449. The molecule has 0 amide bonds. The zero-order chi connectivity index (χ0) is 7.28. The summed E-state index contributed by atoms with van der Waals surface area (Å²) in [6.07, 6.45) is 2.82. The number of nitrogens with zero attached hydrogens (tertiary/aromatic N) is 2. The van der Waals surface area contributed by atoms with E-state index in [0.29, 0.717) is 5.92 Å². The summed E-state index contributed by atoms with van der Waals surface area (Å²) in [5.41, 5.74) is 0.931. The number of hydrogen-bond donors (Lipinski definition) is 0. The smallest absolute Gasteiger partial charge is 0.183 e. The Labute approximate surface area is 56.2 Å². The van der Waals surface area contributed by atoms with Crippen molar-refractivity contribution in [1.82, 2.24) is 0 Å². The van der Waals surface area contributed by atoms with Crippen LogP contribution in [0.5, 0.6) is 0 Å². The fourth-order valence-corrected chi connectivity index (χ4v) is 0.484. The van der Waals surface area contributed by atoms with E-state index >= 15 is 0 Å². The largest absolute Gasteiger partial charge is 0.205 e. The van der Waals surface area contributed by atoms with E-state index in [-0.39, 0.29) is 0 Å². The molecule has 0 saturated heterocycles. The number of nitriles is 1. The predicted octanol–water partition coefficient (Wildman–Crippen LogP) is 1.97. The van der Waals surface area contributed by atoms with E-state index in [0.717, 1.165) is 12.1 Å². The molecular weight excluding hydrogens is 112 g/mol. The van der Waals surface area contributed by atoms with Gasteiger partial charge in [-0.2, -0.15) is 10.3 Å². The average Bonchev–Trinajstić information content (AvgIpc) is 1.87. The Balaban J connectivity index is 3.89. The molecule has 0 saturated carbocycles. The number of hydrogen-bond acceptors (Lipinski definition) is 2. The fourth-order valence-electron chi connectivity index (χ4n) is 0.484. The zero-order valence-electron chi connectivity index (χ0n) is 6.18. The van der Waals surface area contributed by atoms with Crippen molar-refractivity contribution >= 4 is 5.71 Å². The van der Waals surface area contributed by atoms with E-state index in [1.165, 1.54) is 0 Å². The first-order valence-electron chi connectivity index (χ1n) is 3.15. The van der Waals surface area contributed by atoms with Gasteiger partial charge in [-0.25, -0.2) is 0 Å². The van der Waals surface area contributed by atoms with Crippen molar-refractivity contribution in [3.63, 3.8) is 0 Å². The second-order valence-electron chi connectivity index (χ2n) is 2.16. The highest BCUT2D eigenvalue weighted by molar-refractivity contribution is 5.84. The second-order valence-corrected chi connectivity index (χ2v) is 2.16. The first-order valence-corrected chi connectivity index (χ1v) is 3.15. The lowest BCUT2D eigenvalue weighted by molar-refractivity contribution is 0.736. The minimum atomic E-state index is 0.449. The Morgan fingerprint density at radius 2 is 2.33 bits per heavy atom. The molecule has 0 rings (SSSR count). The van der Waals surface area contributed by atoms with Gasteiger partial charge in [0.2, 0.25) is 6.19 Å². The normalized spacial score (nSPS) is 14.7. The van der Waals surface area contributed by atoms with Crippen molar-refractivity contribution in [3.05, 3.63) is 0 Å². The fraction of sp³-hybridized carbons (Fsp3) is 0.714. The van der Waals surface area contributed by atoms with Gasteiger partial charge in [-0.1, -0.05) is 13.8 Å². The van der Waals surface area contributed by atoms with Gasteiger partial charge in [0.25, 0.3) is 0 Å². The van der Waals surface area contributed by atoms with Crippen molar-refractivity contribution in [1.29, 1.82) is 5.26 Å². The first-order chi connectivity index (χ1) is 4.22. The molecule has 0 aromatic carbocycles. The molecule has 0 heterocycles. The third-order valence-corrected chi connectivity index (χ3v) is 1.55. The van der Waals surface area contributed by atoms with E-state index in [1.54, 1.807) is 6.19 Å². The molecule has 0 spiro atoms. The Kier molecular flexibility index (Phi) is 3.70. The summed E-state index contributed by atoms with van der Waals surface area (Å²) in [4.78, 5) is 3.62. The van der Waals surface area contributed by atoms with Gasteiger partial charge in [-0.3, -0.25) is 0 Å². The number of aliphatic imine (C=N–C) groups is 1. The van der Waals surface area contributed by atoms with Crippen molar-refractivity contribution in [2.75, 3.05) is 0 Å². The van der Waals surface area contributed by atoms with Crippen molar-refractivity contribution in [2.45, 2.75) is 27.2 Å². The summed E-state index contributed by atoms with van der Waals surface area (Å²) >= 11 is 0. The molecular formula is C7H12N2. The lowest BCUT2D eigenvalue weighted by Crippen LogP contribution is -2.04. The third-order valence-electron chi connectivity index (χ3n) is 1.55. The summed E-state index contributed by atoms with van der Waals surface area (Å²) in [6.45, 7) is 6.04. The molecule has 0 aliphatic rings. The summed E-state index contributed by atoms with van der Waals surface area (Å²) in [6, 6.07) is 0. The minimum Gasteiger partial charge on any atom is -0.183 e. The Bertz CT molecular complexity index is 141. The maximum absolute atomic E-state index is 8.14. The van der Waals surface area contributed by atoms with Crippen LogP contribution < -0.4 is 0 Å². The molecule has 0 aliphatic carbocycles. The van der Waals surface area contributed by atoms with Crippen LogP contribution in [0.3, 0.4) is 0 Å². The van der Waals surface area contributed by atoms with Gasteiger partial charge in [0.1, 0.15) is 0 Å². The highest BCUT2D eigenvalue weighted by atomic mass is 14.7. The summed E-state index contributed by atoms with van der Waals surface area (Å²) < 4.78 is 0. The molecule has 0 aliphatic heterocycles. The van der Waals surface area contributed by atoms with E-state index < -0.39 is 0 Å². The molecule has 1 unspecified atom stereocenters. The average molecular weight is 124 g/mol. The molecule has 2 nitrogen and oxygen atoms in total. The SMILES string of the molecule is CCC(C)/C(C)=N/C#N. The van der Waals surface area contributed by atoms with Crippen LogP contribution in [0, 0.1) is 17.4 Å². The standard InChI is InChI=1S/C7H12N2/c1-4-6(2)7(3)9-5-8/h6H,4H2,1-3H3/b9-7+. The van der Waals surface area contributed by atoms with Crippen LogP contribution in [0.4, 0.5) is 0 Å². The van der Waals surface area contributed by atoms with Gasteiger partial charge >= 0.3 is 0 Å². The molecule has 0 N–H and O–H groups in total. The molecule has 0 bridgehead atoms. The summed E-state index contributed by atoms with van der Waals surface area (Å²) in [5.74, 6) is 0.449. The quantitative estimate of drug-likeness (QED) is 0.409. The first kappa shape index (κ1) is 8.16. The molecule has 0 aromatic rings. The lowest BCUT2D eigenvalue weighted by atomic mass is 10.0. The van der Waals surface area contributed by atoms with Crippen LogP contribution in [-0.4, -0.2) is 5.71 Å². The van der Waals surface area contributed by atoms with Crippen LogP contribution in [-0.2, 0) is 0 Å². The van der Waals surface area contributed by atoms with Gasteiger partial charge in [-0.05, 0) is 19.3 Å². The molecule has 0 fully saturated rings. The molecule has 0 radical (unpaired) electrons. The Hall–Kier alpha value is -0.840. The summed E-state index contributed by atoms with van der Waals surface area (Å²) in [5, 5.41) is 8.14.